The van der Waals surface area contributed by atoms with Crippen LogP contribution in [0.25, 0.3) is 0 Å². The average molecular weight is 708 g/mol. The first-order valence-corrected chi connectivity index (χ1v) is 16.5. The number of nitriles is 1. The molecule has 5 N–H and O–H groups in total. The molecule has 1 unspecified atom stereocenters. The Morgan fingerprint density at radius 2 is 1.65 bits per heavy atom. The molecule has 0 saturated carbocycles. The zero-order chi connectivity index (χ0) is 38.7. The van der Waals surface area contributed by atoms with Gasteiger partial charge in [-0.05, 0) is 43.5 Å². The quantitative estimate of drug-likeness (QED) is 0.113. The first-order chi connectivity index (χ1) is 23.7. The molecule has 0 fully saturated rings. The highest BCUT2D eigenvalue weighted by Crippen LogP contribution is 2.29. The lowest BCUT2D eigenvalue weighted by Crippen LogP contribution is -2.60. The fourth-order valence-corrected chi connectivity index (χ4v) is 5.38. The van der Waals surface area contributed by atoms with E-state index in [0.717, 1.165) is 22.6 Å². The fourth-order valence-electron chi connectivity index (χ4n) is 5.38. The lowest BCUT2D eigenvalue weighted by atomic mass is 9.76. The molecule has 2 rings (SSSR count). The monoisotopic (exact) mass is 707 g/mol. The van der Waals surface area contributed by atoms with Gasteiger partial charge in [-0.1, -0.05) is 52.8 Å². The number of amides is 6. The molecule has 276 valence electrons. The Labute approximate surface area is 298 Å². The lowest BCUT2D eigenvalue weighted by Gasteiger charge is -2.38. The van der Waals surface area contributed by atoms with Gasteiger partial charge < -0.3 is 31.3 Å². The van der Waals surface area contributed by atoms with Crippen molar-refractivity contribution in [2.24, 2.45) is 5.41 Å². The van der Waals surface area contributed by atoms with E-state index in [1.807, 2.05) is 40.7 Å². The average Bonchev–Trinajstić information content (AvgIpc) is 3.39. The minimum absolute atomic E-state index is 0.0121. The first-order valence-electron chi connectivity index (χ1n) is 16.5. The Morgan fingerprint density at radius 1 is 1.02 bits per heavy atom. The molecule has 0 radical (unpaired) electrons. The molecule has 1 heterocycles. The zero-order valence-corrected chi connectivity index (χ0v) is 30.5. The van der Waals surface area contributed by atoms with E-state index in [1.165, 1.54) is 24.9 Å². The Balaban J connectivity index is 2.02. The van der Waals surface area contributed by atoms with Crippen molar-refractivity contribution in [3.05, 3.63) is 59.2 Å². The number of nitrogens with zero attached hydrogens (tertiary/aromatic N) is 3. The van der Waals surface area contributed by atoms with Crippen LogP contribution in [-0.4, -0.2) is 108 Å². The number of benzene rings is 1. The molecule has 1 aromatic rings. The maximum absolute atomic E-state index is 13.7. The summed E-state index contributed by atoms with van der Waals surface area (Å²) in [6, 6.07) is 6.00. The molecule has 3 atom stereocenters. The molecule has 51 heavy (non-hydrogen) atoms. The number of carboxylic acids is 1. The van der Waals surface area contributed by atoms with Gasteiger partial charge in [0.1, 0.15) is 12.1 Å². The third kappa shape index (κ3) is 11.6. The van der Waals surface area contributed by atoms with E-state index in [4.69, 9.17) is 0 Å². The number of rotatable bonds is 17. The molecule has 15 nitrogen and oxygen atoms in total. The van der Waals surface area contributed by atoms with Gasteiger partial charge in [0.05, 0.1) is 17.7 Å². The Hall–Kier alpha value is -5.36. The Kier molecular flexibility index (Phi) is 14.8. The third-order valence-corrected chi connectivity index (χ3v) is 8.64. The van der Waals surface area contributed by atoms with Crippen LogP contribution in [0.4, 0.5) is 0 Å². The van der Waals surface area contributed by atoms with Gasteiger partial charge in [0, 0.05) is 56.2 Å². The van der Waals surface area contributed by atoms with Crippen LogP contribution in [0.1, 0.15) is 65.5 Å². The zero-order valence-electron chi connectivity index (χ0n) is 30.5. The fraction of sp³-hybridized carbons (Fsp3) is 0.500. The second kappa shape index (κ2) is 18.0. The van der Waals surface area contributed by atoms with Crippen LogP contribution >= 0.6 is 0 Å². The standard InChI is InChI=1S/C36H49N7O8/c1-22(31(47)40-25(34(50)51)12-13-26(44)39-17-19-43-27(45)14-15-28(43)46)16-18-42(8)33(49)30(35(2,3)4)41-32(48)29(38-7)36(5,6)24-11-9-10-23(20-24)21-37/h9-11,14-16,20,25,29-30,38H,12-13,17-19H2,1-8H3,(H,39,44)(H,40,47)(H,41,48)(H,50,51)/b22-16+/t25-,29-,30?/m1/s1. The van der Waals surface area contributed by atoms with Crippen LogP contribution in [0.5, 0.6) is 0 Å². The van der Waals surface area contributed by atoms with Gasteiger partial charge in [-0.25, -0.2) is 4.79 Å². The van der Waals surface area contributed by atoms with Crippen LogP contribution in [0, 0.1) is 16.7 Å². The van der Waals surface area contributed by atoms with Crippen molar-refractivity contribution in [1.29, 1.82) is 5.26 Å². The van der Waals surface area contributed by atoms with Gasteiger partial charge in [-0.3, -0.25) is 33.7 Å². The minimum Gasteiger partial charge on any atom is -0.480 e. The lowest BCUT2D eigenvalue weighted by molar-refractivity contribution is -0.142. The normalized spacial score (nSPS) is 15.0. The summed E-state index contributed by atoms with van der Waals surface area (Å²) in [5, 5.41) is 29.8. The SMILES string of the molecule is CN[C@H](C(=O)NC(C(=O)N(C)C/C=C(\C)C(=O)N[C@H](CCC(=O)NCCN1C(=O)C=CC1=O)C(=O)O)C(C)(C)C)C(C)(C)c1cccc(C#N)c1. The van der Waals surface area contributed by atoms with Crippen molar-refractivity contribution in [2.45, 2.75) is 77.9 Å². The summed E-state index contributed by atoms with van der Waals surface area (Å²) < 4.78 is 0. The van der Waals surface area contributed by atoms with E-state index < -0.39 is 70.4 Å². The van der Waals surface area contributed by atoms with Crippen molar-refractivity contribution < 1.29 is 38.7 Å². The van der Waals surface area contributed by atoms with Crippen LogP contribution in [0.15, 0.2) is 48.1 Å². The molecule has 0 aromatic heterocycles. The second-order valence-electron chi connectivity index (χ2n) is 14.0. The van der Waals surface area contributed by atoms with E-state index in [1.54, 1.807) is 25.2 Å². The number of hydrogen-bond acceptors (Lipinski definition) is 9. The van der Waals surface area contributed by atoms with Crippen molar-refractivity contribution >= 4 is 41.4 Å². The molecule has 1 aliphatic rings. The molecule has 0 aliphatic carbocycles. The summed E-state index contributed by atoms with van der Waals surface area (Å²) >= 11 is 0. The van der Waals surface area contributed by atoms with Gasteiger partial charge in [-0.2, -0.15) is 5.26 Å². The van der Waals surface area contributed by atoms with E-state index in [0.29, 0.717) is 5.56 Å². The summed E-state index contributed by atoms with van der Waals surface area (Å²) in [4.78, 5) is 89.8. The second-order valence-corrected chi connectivity index (χ2v) is 14.0. The third-order valence-electron chi connectivity index (χ3n) is 8.64. The highest BCUT2D eigenvalue weighted by atomic mass is 16.4. The number of nitrogens with one attached hydrogen (secondary N) is 4. The summed E-state index contributed by atoms with van der Waals surface area (Å²) in [5.41, 5.74) is -0.112. The van der Waals surface area contributed by atoms with Crippen LogP contribution in [0.2, 0.25) is 0 Å². The van der Waals surface area contributed by atoms with Crippen LogP contribution in [-0.2, 0) is 39.0 Å². The maximum atomic E-state index is 13.7. The van der Waals surface area contributed by atoms with Gasteiger partial charge in [-0.15, -0.1) is 0 Å². The molecule has 15 heteroatoms. The van der Waals surface area contributed by atoms with E-state index in [9.17, 15) is 43.9 Å². The summed E-state index contributed by atoms with van der Waals surface area (Å²) in [5.74, 6) is -4.37. The number of carboxylic acid groups (broad SMARTS) is 1. The summed E-state index contributed by atoms with van der Waals surface area (Å²) in [6.45, 7) is 10.6. The van der Waals surface area contributed by atoms with E-state index in [-0.39, 0.29) is 38.0 Å². The largest absolute Gasteiger partial charge is 0.480 e. The molecule has 1 aliphatic heterocycles. The van der Waals surface area contributed by atoms with Crippen molar-refractivity contribution in [3.63, 3.8) is 0 Å². The highest BCUT2D eigenvalue weighted by Gasteiger charge is 2.40. The van der Waals surface area contributed by atoms with Crippen molar-refractivity contribution in [3.8, 4) is 6.07 Å². The number of aliphatic carboxylic acids is 1. The van der Waals surface area contributed by atoms with Gasteiger partial charge >= 0.3 is 5.97 Å². The molecule has 0 spiro atoms. The molecule has 6 amide bonds. The van der Waals surface area contributed by atoms with E-state index >= 15 is 0 Å². The summed E-state index contributed by atoms with van der Waals surface area (Å²) in [7, 11) is 3.16. The molecular weight excluding hydrogens is 658 g/mol. The number of imide groups is 1. The smallest absolute Gasteiger partial charge is 0.326 e. The van der Waals surface area contributed by atoms with Crippen molar-refractivity contribution in [1.82, 2.24) is 31.1 Å². The maximum Gasteiger partial charge on any atom is 0.326 e. The molecule has 1 aromatic carbocycles. The van der Waals surface area contributed by atoms with Crippen LogP contribution in [0.3, 0.4) is 0 Å². The predicted octanol–water partition coefficient (Wildman–Crippen LogP) is 0.750. The molecular formula is C36H49N7O8. The van der Waals surface area contributed by atoms with Gasteiger partial charge in [0.15, 0.2) is 0 Å². The Morgan fingerprint density at radius 3 is 2.20 bits per heavy atom. The first kappa shape index (κ1) is 41.8. The minimum atomic E-state index is -1.39. The molecule has 0 saturated heterocycles. The highest BCUT2D eigenvalue weighted by molar-refractivity contribution is 6.12. The molecule has 0 bridgehead atoms. The number of likely N-dealkylation sites (N-methyl/N-ethyl adjacent to an activating group) is 2. The number of hydrogen-bond donors (Lipinski definition) is 5. The number of carbonyl (C=O) groups excluding carboxylic acids is 6. The summed E-state index contributed by atoms with van der Waals surface area (Å²) in [6.07, 6.45) is 3.25. The van der Waals surface area contributed by atoms with Crippen LogP contribution < -0.4 is 21.3 Å². The van der Waals surface area contributed by atoms with Crippen molar-refractivity contribution in [2.75, 3.05) is 33.7 Å². The topological polar surface area (TPSA) is 218 Å². The Bertz CT molecular complexity index is 1600. The predicted molar refractivity (Wildman–Crippen MR) is 187 cm³/mol. The van der Waals surface area contributed by atoms with Gasteiger partial charge in [0.25, 0.3) is 11.8 Å². The number of carbonyl (C=O) groups is 7. The van der Waals surface area contributed by atoms with Gasteiger partial charge in [0.2, 0.25) is 23.6 Å². The van der Waals surface area contributed by atoms with E-state index in [2.05, 4.69) is 27.3 Å².